The molecule has 0 aliphatic rings. The zero-order valence-electron chi connectivity index (χ0n) is 15.6. The predicted octanol–water partition coefficient (Wildman–Crippen LogP) is 4.55. The fourth-order valence-electron chi connectivity index (χ4n) is 2.72. The van der Waals surface area contributed by atoms with E-state index >= 15 is 0 Å². The van der Waals surface area contributed by atoms with Crippen molar-refractivity contribution in [1.29, 1.82) is 0 Å². The number of carbonyl (C=O) groups is 1. The van der Waals surface area contributed by atoms with Gasteiger partial charge >= 0.3 is 0 Å². The van der Waals surface area contributed by atoms with Gasteiger partial charge in [-0.05, 0) is 47.5 Å². The molecule has 0 atom stereocenters. The summed E-state index contributed by atoms with van der Waals surface area (Å²) >= 11 is 0. The molecule has 4 nitrogen and oxygen atoms in total. The Balaban J connectivity index is 1.57. The maximum absolute atomic E-state index is 12.6. The normalized spacial score (nSPS) is 10.3. The van der Waals surface area contributed by atoms with Crippen molar-refractivity contribution < 1.29 is 14.3 Å². The van der Waals surface area contributed by atoms with Gasteiger partial charge in [0.05, 0.1) is 7.11 Å². The molecular formula is C23H23NO3. The van der Waals surface area contributed by atoms with E-state index in [1.165, 1.54) is 0 Å². The summed E-state index contributed by atoms with van der Waals surface area (Å²) < 4.78 is 10.9. The lowest BCUT2D eigenvalue weighted by molar-refractivity contribution is 0.0785. The number of ether oxygens (including phenoxy) is 2. The molecule has 27 heavy (non-hydrogen) atoms. The van der Waals surface area contributed by atoms with Gasteiger partial charge in [0, 0.05) is 19.2 Å². The molecular weight excluding hydrogens is 338 g/mol. The highest BCUT2D eigenvalue weighted by molar-refractivity contribution is 5.94. The molecule has 3 rings (SSSR count). The molecule has 3 aromatic carbocycles. The van der Waals surface area contributed by atoms with Gasteiger partial charge in [-0.2, -0.15) is 0 Å². The van der Waals surface area contributed by atoms with Crippen molar-refractivity contribution in [2.45, 2.75) is 13.2 Å². The summed E-state index contributed by atoms with van der Waals surface area (Å²) in [6.45, 7) is 1.02. The second kappa shape index (κ2) is 8.90. The van der Waals surface area contributed by atoms with Crippen LogP contribution in [0.3, 0.4) is 0 Å². The molecule has 0 heterocycles. The van der Waals surface area contributed by atoms with Crippen LogP contribution in [0.15, 0.2) is 78.9 Å². The van der Waals surface area contributed by atoms with Gasteiger partial charge in [0.25, 0.3) is 5.91 Å². The topological polar surface area (TPSA) is 38.8 Å². The molecule has 138 valence electrons. The predicted molar refractivity (Wildman–Crippen MR) is 106 cm³/mol. The van der Waals surface area contributed by atoms with E-state index in [1.54, 1.807) is 19.1 Å². The number of rotatable bonds is 7. The first-order valence-corrected chi connectivity index (χ1v) is 8.81. The highest BCUT2D eigenvalue weighted by Crippen LogP contribution is 2.15. The molecule has 0 bridgehead atoms. The van der Waals surface area contributed by atoms with Crippen molar-refractivity contribution in [1.82, 2.24) is 4.90 Å². The molecule has 0 aliphatic heterocycles. The van der Waals surface area contributed by atoms with Gasteiger partial charge in [-0.25, -0.2) is 0 Å². The van der Waals surface area contributed by atoms with Crippen LogP contribution >= 0.6 is 0 Å². The Morgan fingerprint density at radius 1 is 0.815 bits per heavy atom. The number of hydrogen-bond donors (Lipinski definition) is 0. The average molecular weight is 361 g/mol. The number of hydrogen-bond acceptors (Lipinski definition) is 3. The van der Waals surface area contributed by atoms with E-state index < -0.39 is 0 Å². The number of methoxy groups -OCH3 is 1. The molecule has 0 unspecified atom stereocenters. The molecule has 0 N–H and O–H groups in total. The number of benzene rings is 3. The van der Waals surface area contributed by atoms with Crippen molar-refractivity contribution in [3.63, 3.8) is 0 Å². The maximum atomic E-state index is 12.6. The molecule has 0 saturated carbocycles. The largest absolute Gasteiger partial charge is 0.497 e. The Hall–Kier alpha value is -3.27. The van der Waals surface area contributed by atoms with Crippen LogP contribution in [-0.4, -0.2) is 25.0 Å². The van der Waals surface area contributed by atoms with Crippen molar-refractivity contribution in [3.05, 3.63) is 95.6 Å². The second-order valence-corrected chi connectivity index (χ2v) is 6.31. The zero-order chi connectivity index (χ0) is 19.1. The van der Waals surface area contributed by atoms with E-state index in [0.717, 1.165) is 22.6 Å². The third kappa shape index (κ3) is 5.11. The standard InChI is InChI=1S/C23H23NO3/c1-24(16-18-10-14-21(26-2)15-11-18)23(25)20-12-8-19(9-13-20)17-27-22-6-4-3-5-7-22/h3-15H,16-17H2,1-2H3. The minimum absolute atomic E-state index is 0.0126. The van der Waals surface area contributed by atoms with Crippen LogP contribution < -0.4 is 9.47 Å². The Bertz CT molecular complexity index is 858. The lowest BCUT2D eigenvalue weighted by Gasteiger charge is -2.18. The van der Waals surface area contributed by atoms with Gasteiger partial charge in [-0.3, -0.25) is 4.79 Å². The smallest absolute Gasteiger partial charge is 0.253 e. The summed E-state index contributed by atoms with van der Waals surface area (Å²) in [4.78, 5) is 14.3. The molecule has 3 aromatic rings. The van der Waals surface area contributed by atoms with Crippen LogP contribution in [0.2, 0.25) is 0 Å². The van der Waals surface area contributed by atoms with Crippen molar-refractivity contribution in [2.75, 3.05) is 14.2 Å². The second-order valence-electron chi connectivity index (χ2n) is 6.31. The average Bonchev–Trinajstić information content (AvgIpc) is 2.73. The molecule has 0 fully saturated rings. The SMILES string of the molecule is COc1ccc(CN(C)C(=O)c2ccc(COc3ccccc3)cc2)cc1. The highest BCUT2D eigenvalue weighted by Gasteiger charge is 2.12. The number of para-hydroxylation sites is 1. The van der Waals surface area contributed by atoms with Crippen molar-refractivity contribution in [2.24, 2.45) is 0 Å². The van der Waals surface area contributed by atoms with Gasteiger partial charge in [-0.1, -0.05) is 42.5 Å². The van der Waals surface area contributed by atoms with E-state index in [4.69, 9.17) is 9.47 Å². The monoisotopic (exact) mass is 361 g/mol. The first kappa shape index (κ1) is 18.5. The summed E-state index contributed by atoms with van der Waals surface area (Å²) in [5.74, 6) is 1.62. The molecule has 0 spiro atoms. The molecule has 1 amide bonds. The fraction of sp³-hybridized carbons (Fsp3) is 0.174. The molecule has 0 saturated heterocycles. The summed E-state index contributed by atoms with van der Waals surface area (Å²) in [7, 11) is 3.44. The number of nitrogens with zero attached hydrogens (tertiary/aromatic N) is 1. The molecule has 4 heteroatoms. The van der Waals surface area contributed by atoms with Crippen LogP contribution in [0.1, 0.15) is 21.5 Å². The maximum Gasteiger partial charge on any atom is 0.253 e. The number of amides is 1. The Kier molecular flexibility index (Phi) is 6.10. The third-order valence-electron chi connectivity index (χ3n) is 4.28. The number of carbonyl (C=O) groups excluding carboxylic acids is 1. The minimum Gasteiger partial charge on any atom is -0.497 e. The van der Waals surface area contributed by atoms with Gasteiger partial charge in [0.1, 0.15) is 18.1 Å². The van der Waals surface area contributed by atoms with E-state index in [1.807, 2.05) is 78.9 Å². The molecule has 0 aliphatic carbocycles. The Morgan fingerprint density at radius 2 is 1.44 bits per heavy atom. The molecule has 0 aromatic heterocycles. The van der Waals surface area contributed by atoms with Crippen LogP contribution in [0, 0.1) is 0 Å². The Labute approximate surface area is 160 Å². The minimum atomic E-state index is -0.0126. The fourth-order valence-corrected chi connectivity index (χ4v) is 2.72. The zero-order valence-corrected chi connectivity index (χ0v) is 15.6. The van der Waals surface area contributed by atoms with Crippen molar-refractivity contribution >= 4 is 5.91 Å². The summed E-state index contributed by atoms with van der Waals surface area (Å²) in [5, 5.41) is 0. The van der Waals surface area contributed by atoms with Gasteiger partial charge in [0.2, 0.25) is 0 Å². The van der Waals surface area contributed by atoms with Crippen molar-refractivity contribution in [3.8, 4) is 11.5 Å². The van der Waals surface area contributed by atoms with Crippen LogP contribution in [0.4, 0.5) is 0 Å². The first-order valence-electron chi connectivity index (χ1n) is 8.81. The van der Waals surface area contributed by atoms with E-state index in [-0.39, 0.29) is 5.91 Å². The highest BCUT2D eigenvalue weighted by atomic mass is 16.5. The van der Waals surface area contributed by atoms with Gasteiger partial charge in [0.15, 0.2) is 0 Å². The van der Waals surface area contributed by atoms with E-state index in [2.05, 4.69) is 0 Å². The van der Waals surface area contributed by atoms with Crippen LogP contribution in [0.5, 0.6) is 11.5 Å². The first-order chi connectivity index (χ1) is 13.2. The Morgan fingerprint density at radius 3 is 2.07 bits per heavy atom. The summed E-state index contributed by atoms with van der Waals surface area (Å²) in [6, 6.07) is 24.9. The van der Waals surface area contributed by atoms with E-state index in [0.29, 0.717) is 18.7 Å². The third-order valence-corrected chi connectivity index (χ3v) is 4.28. The van der Waals surface area contributed by atoms with Crippen LogP contribution in [0.25, 0.3) is 0 Å². The summed E-state index contributed by atoms with van der Waals surface area (Å²) in [5.41, 5.74) is 2.74. The lowest BCUT2D eigenvalue weighted by Crippen LogP contribution is -2.26. The van der Waals surface area contributed by atoms with Gasteiger partial charge < -0.3 is 14.4 Å². The van der Waals surface area contributed by atoms with E-state index in [9.17, 15) is 4.79 Å². The molecule has 0 radical (unpaired) electrons. The van der Waals surface area contributed by atoms with Crippen LogP contribution in [-0.2, 0) is 13.2 Å². The quantitative estimate of drug-likeness (QED) is 0.620. The lowest BCUT2D eigenvalue weighted by atomic mass is 10.1. The van der Waals surface area contributed by atoms with Gasteiger partial charge in [-0.15, -0.1) is 0 Å². The summed E-state index contributed by atoms with van der Waals surface area (Å²) in [6.07, 6.45) is 0.